The molecular formula is C18H13F6N3O4S. The number of anilines is 2. The Balaban J connectivity index is 2.23. The third-order valence-electron chi connectivity index (χ3n) is 3.77. The normalized spacial score (nSPS) is 11.7. The zero-order chi connectivity index (χ0) is 24.3. The van der Waals surface area contributed by atoms with E-state index in [4.69, 9.17) is 0 Å². The van der Waals surface area contributed by atoms with Gasteiger partial charge in [0.05, 0.1) is 38.1 Å². The fraction of sp³-hybridized carbons (Fsp3) is 0.222. The molecular weight excluding hydrogens is 468 g/mol. The molecule has 0 heterocycles. The van der Waals surface area contributed by atoms with E-state index in [1.165, 1.54) is 0 Å². The van der Waals surface area contributed by atoms with Crippen LogP contribution in [0.25, 0.3) is 0 Å². The Hall–Kier alpha value is -3.29. The van der Waals surface area contributed by atoms with Crippen LogP contribution < -0.4 is 10.6 Å². The first-order valence-electron chi connectivity index (χ1n) is 8.45. The minimum absolute atomic E-state index is 0.121. The molecule has 0 aliphatic carbocycles. The Labute approximate surface area is 180 Å². The van der Waals surface area contributed by atoms with Gasteiger partial charge in [0.15, 0.2) is 0 Å². The SMILES string of the molecule is CC(=O)Nc1ccc(C(F)(F)F)cc1NC(=O)CSc1ccc(C(F)(F)F)cc1[N+](=O)[O-]. The summed E-state index contributed by atoms with van der Waals surface area (Å²) in [6, 6.07) is 3.98. The van der Waals surface area contributed by atoms with Crippen LogP contribution in [0.5, 0.6) is 0 Å². The number of rotatable bonds is 6. The quantitative estimate of drug-likeness (QED) is 0.252. The Kier molecular flexibility index (Phi) is 7.38. The molecule has 14 heteroatoms. The predicted octanol–water partition coefficient (Wildman–Crippen LogP) is 5.32. The van der Waals surface area contributed by atoms with Crippen molar-refractivity contribution in [1.29, 1.82) is 0 Å². The molecule has 0 aliphatic rings. The highest BCUT2D eigenvalue weighted by Crippen LogP contribution is 2.37. The Morgan fingerprint density at radius 2 is 1.50 bits per heavy atom. The van der Waals surface area contributed by atoms with Gasteiger partial charge in [0.2, 0.25) is 11.8 Å². The van der Waals surface area contributed by atoms with Crippen molar-refractivity contribution >= 4 is 40.6 Å². The van der Waals surface area contributed by atoms with E-state index in [1.54, 1.807) is 0 Å². The van der Waals surface area contributed by atoms with Crippen LogP contribution in [-0.2, 0) is 21.9 Å². The van der Waals surface area contributed by atoms with Crippen LogP contribution in [0, 0.1) is 10.1 Å². The summed E-state index contributed by atoms with van der Waals surface area (Å²) >= 11 is 0.521. The van der Waals surface area contributed by atoms with Crippen molar-refractivity contribution in [3.05, 3.63) is 57.6 Å². The number of amides is 2. The fourth-order valence-corrected chi connectivity index (χ4v) is 3.22. The van der Waals surface area contributed by atoms with E-state index in [9.17, 15) is 46.0 Å². The molecule has 0 unspecified atom stereocenters. The lowest BCUT2D eigenvalue weighted by molar-refractivity contribution is -0.388. The van der Waals surface area contributed by atoms with Crippen molar-refractivity contribution in [3.63, 3.8) is 0 Å². The maximum absolute atomic E-state index is 13.0. The highest BCUT2D eigenvalue weighted by atomic mass is 32.2. The predicted molar refractivity (Wildman–Crippen MR) is 103 cm³/mol. The first kappa shape index (κ1) is 25.0. The summed E-state index contributed by atoms with van der Waals surface area (Å²) in [5.74, 6) is -2.09. The molecule has 172 valence electrons. The molecule has 0 radical (unpaired) electrons. The van der Waals surface area contributed by atoms with Gasteiger partial charge in [0.1, 0.15) is 0 Å². The number of nitrogens with zero attached hydrogens (tertiary/aromatic N) is 1. The van der Waals surface area contributed by atoms with Gasteiger partial charge >= 0.3 is 12.4 Å². The van der Waals surface area contributed by atoms with E-state index >= 15 is 0 Å². The van der Waals surface area contributed by atoms with Crippen LogP contribution >= 0.6 is 11.8 Å². The minimum atomic E-state index is -4.81. The maximum Gasteiger partial charge on any atom is 0.416 e. The standard InChI is InChI=1S/C18H13F6N3O4S/c1-9(28)25-12-4-2-10(17(19,20)21)6-13(12)26-16(29)8-32-15-5-3-11(18(22,23)24)7-14(15)27(30)31/h2-7H,8H2,1H3,(H,25,28)(H,26,29). The van der Waals surface area contributed by atoms with Crippen LogP contribution in [0.2, 0.25) is 0 Å². The van der Waals surface area contributed by atoms with Gasteiger partial charge in [-0.1, -0.05) is 0 Å². The number of nitro benzene ring substituents is 1. The molecule has 0 atom stereocenters. The average molecular weight is 481 g/mol. The van der Waals surface area contributed by atoms with Crippen LogP contribution in [0.15, 0.2) is 41.3 Å². The number of thioether (sulfide) groups is 1. The molecule has 2 rings (SSSR count). The van der Waals surface area contributed by atoms with E-state index in [2.05, 4.69) is 10.6 Å². The van der Waals surface area contributed by atoms with E-state index in [-0.39, 0.29) is 16.3 Å². The lowest BCUT2D eigenvalue weighted by atomic mass is 10.1. The molecule has 0 aliphatic heterocycles. The summed E-state index contributed by atoms with van der Waals surface area (Å²) in [5, 5.41) is 15.5. The Morgan fingerprint density at radius 3 is 2.03 bits per heavy atom. The molecule has 2 aromatic carbocycles. The van der Waals surface area contributed by atoms with Crippen molar-refractivity contribution in [2.75, 3.05) is 16.4 Å². The van der Waals surface area contributed by atoms with Crippen LogP contribution in [0.3, 0.4) is 0 Å². The molecule has 0 spiro atoms. The first-order valence-corrected chi connectivity index (χ1v) is 9.44. The molecule has 0 fully saturated rings. The van der Waals surface area contributed by atoms with Gasteiger partial charge in [0, 0.05) is 13.0 Å². The molecule has 0 saturated heterocycles. The van der Waals surface area contributed by atoms with Crippen molar-refractivity contribution in [2.45, 2.75) is 24.2 Å². The number of hydrogen-bond acceptors (Lipinski definition) is 5. The van der Waals surface area contributed by atoms with Crippen LogP contribution in [0.1, 0.15) is 18.1 Å². The highest BCUT2D eigenvalue weighted by molar-refractivity contribution is 8.00. The monoisotopic (exact) mass is 481 g/mol. The second-order valence-corrected chi connectivity index (χ2v) is 7.23. The molecule has 0 saturated carbocycles. The van der Waals surface area contributed by atoms with E-state index in [1.807, 2.05) is 0 Å². The van der Waals surface area contributed by atoms with E-state index < -0.39 is 51.7 Å². The smallest absolute Gasteiger partial charge is 0.325 e. The average Bonchev–Trinajstić information content (AvgIpc) is 2.65. The Bertz CT molecular complexity index is 1060. The molecule has 0 aromatic heterocycles. The number of benzene rings is 2. The molecule has 2 N–H and O–H groups in total. The summed E-state index contributed by atoms with van der Waals surface area (Å²) in [6.07, 6.45) is -9.54. The number of nitro groups is 1. The Morgan fingerprint density at radius 1 is 0.938 bits per heavy atom. The van der Waals surface area contributed by atoms with Crippen molar-refractivity contribution in [3.8, 4) is 0 Å². The zero-order valence-electron chi connectivity index (χ0n) is 15.9. The van der Waals surface area contributed by atoms with Crippen LogP contribution in [-0.4, -0.2) is 22.5 Å². The van der Waals surface area contributed by atoms with Gasteiger partial charge in [-0.3, -0.25) is 19.7 Å². The zero-order valence-corrected chi connectivity index (χ0v) is 16.7. The van der Waals surface area contributed by atoms with Gasteiger partial charge < -0.3 is 10.6 Å². The molecule has 7 nitrogen and oxygen atoms in total. The summed E-state index contributed by atoms with van der Waals surface area (Å²) in [7, 11) is 0. The fourth-order valence-electron chi connectivity index (χ4n) is 2.41. The maximum atomic E-state index is 13.0. The van der Waals surface area contributed by atoms with Gasteiger partial charge in [-0.2, -0.15) is 26.3 Å². The number of nitrogens with one attached hydrogen (secondary N) is 2. The third-order valence-corrected chi connectivity index (χ3v) is 4.84. The number of hydrogen-bond donors (Lipinski definition) is 2. The van der Waals surface area contributed by atoms with E-state index in [0.717, 1.165) is 19.1 Å². The third kappa shape index (κ3) is 6.60. The molecule has 0 bridgehead atoms. The second-order valence-electron chi connectivity index (χ2n) is 6.21. The number of carbonyl (C=O) groups excluding carboxylic acids is 2. The van der Waals surface area contributed by atoms with Gasteiger partial charge in [-0.15, -0.1) is 11.8 Å². The lowest BCUT2D eigenvalue weighted by Crippen LogP contribution is -2.18. The summed E-state index contributed by atoms with van der Waals surface area (Å²) in [6.45, 7) is 1.10. The summed E-state index contributed by atoms with van der Waals surface area (Å²) in [5.41, 5.74) is -3.72. The molecule has 32 heavy (non-hydrogen) atoms. The number of carbonyl (C=O) groups is 2. The second kappa shape index (κ2) is 9.46. The highest BCUT2D eigenvalue weighted by Gasteiger charge is 2.33. The number of halogens is 6. The molecule has 2 amide bonds. The van der Waals surface area contributed by atoms with E-state index in [0.29, 0.717) is 36.0 Å². The lowest BCUT2D eigenvalue weighted by Gasteiger charge is -2.15. The summed E-state index contributed by atoms with van der Waals surface area (Å²) < 4.78 is 77.2. The molecule has 2 aromatic rings. The topological polar surface area (TPSA) is 101 Å². The summed E-state index contributed by atoms with van der Waals surface area (Å²) in [4.78, 5) is 33.3. The van der Waals surface area contributed by atoms with Gasteiger partial charge in [-0.25, -0.2) is 0 Å². The van der Waals surface area contributed by atoms with Gasteiger partial charge in [-0.05, 0) is 30.3 Å². The van der Waals surface area contributed by atoms with Crippen molar-refractivity contribution in [2.24, 2.45) is 0 Å². The van der Waals surface area contributed by atoms with Crippen molar-refractivity contribution in [1.82, 2.24) is 0 Å². The largest absolute Gasteiger partial charge is 0.416 e. The number of alkyl halides is 6. The first-order chi connectivity index (χ1) is 14.7. The van der Waals surface area contributed by atoms with Gasteiger partial charge in [0.25, 0.3) is 5.69 Å². The minimum Gasteiger partial charge on any atom is -0.325 e. The van der Waals surface area contributed by atoms with Crippen molar-refractivity contribution < 1.29 is 40.9 Å². The van der Waals surface area contributed by atoms with Crippen LogP contribution in [0.4, 0.5) is 43.4 Å².